The van der Waals surface area contributed by atoms with Gasteiger partial charge in [0.05, 0.1) is 4.92 Å². The summed E-state index contributed by atoms with van der Waals surface area (Å²) in [5, 5.41) is 10.7. The Morgan fingerprint density at radius 1 is 1.14 bits per heavy atom. The van der Waals surface area contributed by atoms with Crippen LogP contribution in [-0.2, 0) is 6.54 Å². The van der Waals surface area contributed by atoms with Crippen molar-refractivity contribution in [3.8, 4) is 0 Å². The van der Waals surface area contributed by atoms with Gasteiger partial charge in [-0.15, -0.1) is 0 Å². The van der Waals surface area contributed by atoms with Gasteiger partial charge < -0.3 is 9.80 Å². The van der Waals surface area contributed by atoms with Crippen LogP contribution in [0, 0.1) is 10.1 Å². The zero-order chi connectivity index (χ0) is 16.1. The van der Waals surface area contributed by atoms with Crippen molar-refractivity contribution in [2.24, 2.45) is 0 Å². The maximum absolute atomic E-state index is 10.7. The highest BCUT2D eigenvalue weighted by molar-refractivity contribution is 5.48. The fourth-order valence-corrected chi connectivity index (χ4v) is 2.15. The molecule has 2 rings (SSSR count). The van der Waals surface area contributed by atoms with E-state index in [4.69, 9.17) is 0 Å². The first-order chi connectivity index (χ1) is 10.5. The van der Waals surface area contributed by atoms with Crippen LogP contribution in [0.25, 0.3) is 0 Å². The standard InChI is InChI=1S/C16H20N4O2/c1-4-19(16-10-9-15(11-17-16)20(21)22)12-13-5-7-14(8-6-13)18(2)3/h5-11H,4,12H2,1-3H3. The van der Waals surface area contributed by atoms with E-state index in [0.717, 1.165) is 24.6 Å². The maximum atomic E-state index is 10.7. The van der Waals surface area contributed by atoms with E-state index in [9.17, 15) is 10.1 Å². The predicted octanol–water partition coefficient (Wildman–Crippen LogP) is 3.08. The van der Waals surface area contributed by atoms with Gasteiger partial charge >= 0.3 is 0 Å². The van der Waals surface area contributed by atoms with Crippen molar-refractivity contribution < 1.29 is 4.92 Å². The molecule has 116 valence electrons. The lowest BCUT2D eigenvalue weighted by Crippen LogP contribution is -2.23. The lowest BCUT2D eigenvalue weighted by molar-refractivity contribution is -0.385. The van der Waals surface area contributed by atoms with E-state index in [1.807, 2.05) is 21.0 Å². The van der Waals surface area contributed by atoms with E-state index in [-0.39, 0.29) is 5.69 Å². The fourth-order valence-electron chi connectivity index (χ4n) is 2.15. The SMILES string of the molecule is CCN(Cc1ccc(N(C)C)cc1)c1ccc([N+](=O)[O-])cn1. The summed E-state index contributed by atoms with van der Waals surface area (Å²) in [6.45, 7) is 3.53. The lowest BCUT2D eigenvalue weighted by atomic mass is 10.2. The van der Waals surface area contributed by atoms with Gasteiger partial charge in [0.25, 0.3) is 5.69 Å². The van der Waals surface area contributed by atoms with Gasteiger partial charge in [-0.2, -0.15) is 0 Å². The second-order valence-corrected chi connectivity index (χ2v) is 5.21. The molecule has 0 spiro atoms. The van der Waals surface area contributed by atoms with Gasteiger partial charge in [0.1, 0.15) is 12.0 Å². The number of benzene rings is 1. The van der Waals surface area contributed by atoms with Gasteiger partial charge in [-0.05, 0) is 30.7 Å². The molecule has 0 amide bonds. The predicted molar refractivity (Wildman–Crippen MR) is 88.4 cm³/mol. The molecule has 0 saturated carbocycles. The van der Waals surface area contributed by atoms with Crippen molar-refractivity contribution in [2.75, 3.05) is 30.4 Å². The van der Waals surface area contributed by atoms with Crippen LogP contribution >= 0.6 is 0 Å². The highest BCUT2D eigenvalue weighted by Gasteiger charge is 2.10. The third kappa shape index (κ3) is 3.72. The van der Waals surface area contributed by atoms with E-state index in [1.165, 1.54) is 17.8 Å². The first-order valence-electron chi connectivity index (χ1n) is 7.13. The highest BCUT2D eigenvalue weighted by atomic mass is 16.6. The molecule has 6 nitrogen and oxygen atoms in total. The van der Waals surface area contributed by atoms with E-state index in [1.54, 1.807) is 6.07 Å². The molecule has 0 fully saturated rings. The van der Waals surface area contributed by atoms with Crippen LogP contribution in [0.3, 0.4) is 0 Å². The Morgan fingerprint density at radius 2 is 1.82 bits per heavy atom. The number of hydrogen-bond donors (Lipinski definition) is 0. The van der Waals surface area contributed by atoms with E-state index in [0.29, 0.717) is 0 Å². The average Bonchev–Trinajstić information content (AvgIpc) is 2.53. The Kier molecular flexibility index (Phi) is 4.93. The number of aromatic nitrogens is 1. The maximum Gasteiger partial charge on any atom is 0.287 e. The smallest absolute Gasteiger partial charge is 0.287 e. The molecule has 0 aliphatic carbocycles. The zero-order valence-corrected chi connectivity index (χ0v) is 13.1. The van der Waals surface area contributed by atoms with Crippen LogP contribution in [0.2, 0.25) is 0 Å². The minimum atomic E-state index is -0.437. The molecular weight excluding hydrogens is 280 g/mol. The molecule has 22 heavy (non-hydrogen) atoms. The quantitative estimate of drug-likeness (QED) is 0.606. The molecule has 0 aliphatic heterocycles. The summed E-state index contributed by atoms with van der Waals surface area (Å²) in [7, 11) is 4.02. The zero-order valence-electron chi connectivity index (χ0n) is 13.1. The molecule has 1 heterocycles. The molecule has 1 aromatic heterocycles. The van der Waals surface area contributed by atoms with Crippen molar-refractivity contribution in [2.45, 2.75) is 13.5 Å². The molecule has 0 atom stereocenters. The Bertz CT molecular complexity index is 624. The summed E-state index contributed by atoms with van der Waals surface area (Å²) in [6, 6.07) is 11.5. The van der Waals surface area contributed by atoms with Gasteiger partial charge in [-0.3, -0.25) is 10.1 Å². The van der Waals surface area contributed by atoms with Crippen molar-refractivity contribution in [3.05, 3.63) is 58.3 Å². The van der Waals surface area contributed by atoms with Crippen molar-refractivity contribution in [3.63, 3.8) is 0 Å². The molecule has 0 unspecified atom stereocenters. The normalized spacial score (nSPS) is 10.3. The van der Waals surface area contributed by atoms with Crippen LogP contribution in [0.5, 0.6) is 0 Å². The molecule has 0 aliphatic rings. The van der Waals surface area contributed by atoms with E-state index < -0.39 is 4.92 Å². The molecule has 0 N–H and O–H groups in total. The van der Waals surface area contributed by atoms with E-state index >= 15 is 0 Å². The Morgan fingerprint density at radius 3 is 2.27 bits per heavy atom. The number of pyridine rings is 1. The summed E-state index contributed by atoms with van der Waals surface area (Å²) >= 11 is 0. The summed E-state index contributed by atoms with van der Waals surface area (Å²) in [5.74, 6) is 0.741. The molecular formula is C16H20N4O2. The average molecular weight is 300 g/mol. The number of nitro groups is 1. The van der Waals surface area contributed by atoms with Gasteiger partial charge in [0.15, 0.2) is 0 Å². The number of anilines is 2. The summed E-state index contributed by atoms with van der Waals surface area (Å²) in [6.07, 6.45) is 1.30. The van der Waals surface area contributed by atoms with Crippen LogP contribution in [0.4, 0.5) is 17.2 Å². The Labute approximate surface area is 130 Å². The van der Waals surface area contributed by atoms with Crippen molar-refractivity contribution in [1.29, 1.82) is 0 Å². The summed E-state index contributed by atoms with van der Waals surface area (Å²) in [4.78, 5) is 18.6. The molecule has 1 aromatic carbocycles. The summed E-state index contributed by atoms with van der Waals surface area (Å²) < 4.78 is 0. The van der Waals surface area contributed by atoms with Crippen molar-refractivity contribution >= 4 is 17.2 Å². The number of hydrogen-bond acceptors (Lipinski definition) is 5. The highest BCUT2D eigenvalue weighted by Crippen LogP contribution is 2.19. The largest absolute Gasteiger partial charge is 0.378 e. The Hall–Kier alpha value is -2.63. The second kappa shape index (κ2) is 6.89. The molecule has 0 saturated heterocycles. The van der Waals surface area contributed by atoms with Gasteiger partial charge in [0, 0.05) is 38.9 Å². The van der Waals surface area contributed by atoms with Crippen LogP contribution in [0.1, 0.15) is 12.5 Å². The first kappa shape index (κ1) is 15.8. The molecule has 0 radical (unpaired) electrons. The monoisotopic (exact) mass is 300 g/mol. The molecule has 2 aromatic rings. The first-order valence-corrected chi connectivity index (χ1v) is 7.13. The third-order valence-corrected chi connectivity index (χ3v) is 3.47. The van der Waals surface area contributed by atoms with Crippen LogP contribution in [-0.4, -0.2) is 30.5 Å². The number of rotatable bonds is 6. The Balaban J connectivity index is 2.12. The minimum Gasteiger partial charge on any atom is -0.378 e. The molecule has 0 bridgehead atoms. The van der Waals surface area contributed by atoms with Crippen LogP contribution in [0.15, 0.2) is 42.6 Å². The van der Waals surface area contributed by atoms with E-state index in [2.05, 4.69) is 39.0 Å². The fraction of sp³-hybridized carbons (Fsp3) is 0.312. The minimum absolute atomic E-state index is 0.00939. The third-order valence-electron chi connectivity index (χ3n) is 3.47. The lowest BCUT2D eigenvalue weighted by Gasteiger charge is -2.22. The van der Waals surface area contributed by atoms with Crippen LogP contribution < -0.4 is 9.80 Å². The topological polar surface area (TPSA) is 62.5 Å². The second-order valence-electron chi connectivity index (χ2n) is 5.21. The van der Waals surface area contributed by atoms with Gasteiger partial charge in [0.2, 0.25) is 0 Å². The van der Waals surface area contributed by atoms with Gasteiger partial charge in [-0.25, -0.2) is 4.98 Å². The summed E-state index contributed by atoms with van der Waals surface area (Å²) in [5.41, 5.74) is 2.34. The van der Waals surface area contributed by atoms with Crippen molar-refractivity contribution in [1.82, 2.24) is 4.98 Å². The molecule has 6 heteroatoms. The number of nitrogens with zero attached hydrogens (tertiary/aromatic N) is 4. The van der Waals surface area contributed by atoms with Gasteiger partial charge in [-0.1, -0.05) is 12.1 Å².